The Labute approximate surface area is 121 Å². The largest absolute Gasteiger partial charge is 0.498 e. The number of alkyl halides is 1. The highest BCUT2D eigenvalue weighted by atomic mass is 127. The zero-order valence-electron chi connectivity index (χ0n) is 10.7. The van der Waals surface area contributed by atoms with Crippen LogP contribution in [-0.4, -0.2) is 53.6 Å². The molecule has 1 saturated carbocycles. The highest BCUT2D eigenvalue weighted by Crippen LogP contribution is 2.61. The molecule has 3 nitrogen and oxygen atoms in total. The van der Waals surface area contributed by atoms with Gasteiger partial charge in [0, 0.05) is 32.1 Å². The van der Waals surface area contributed by atoms with Gasteiger partial charge < -0.3 is 14.5 Å². The van der Waals surface area contributed by atoms with Crippen molar-refractivity contribution in [2.24, 2.45) is 5.92 Å². The Hall–Kier alpha value is -0.300. The summed E-state index contributed by atoms with van der Waals surface area (Å²) < 4.78 is 19.8. The molecule has 0 spiro atoms. The molecule has 18 heavy (non-hydrogen) atoms. The molecule has 3 rings (SSSR count). The maximum absolute atomic E-state index is 14.4. The second-order valence-corrected chi connectivity index (χ2v) is 7.39. The van der Waals surface area contributed by atoms with E-state index in [-0.39, 0.29) is 9.25 Å². The number of likely N-dealkylation sites (N-methyl/N-ethyl adjacent to an activating group) is 1. The van der Waals surface area contributed by atoms with Gasteiger partial charge in [0.1, 0.15) is 17.3 Å². The SMILES string of the molecule is COC1=C(N2CCN(C)CC2)C(F)=CC2(I)CC12. The molecule has 2 unspecified atom stereocenters. The quantitative estimate of drug-likeness (QED) is 0.552. The minimum absolute atomic E-state index is 0.0245. The van der Waals surface area contributed by atoms with E-state index in [4.69, 9.17) is 4.74 Å². The third-order valence-electron chi connectivity index (χ3n) is 4.12. The van der Waals surface area contributed by atoms with Gasteiger partial charge >= 0.3 is 0 Å². The molecule has 0 aromatic heterocycles. The molecule has 5 heteroatoms. The standard InChI is InChI=1S/C13H18FIN2O/c1-16-3-5-17(6-4-16)11-10(14)8-13(15)7-9(13)12(11)18-2/h8-9H,3-7H2,1-2H3. The molecule has 1 aliphatic heterocycles. The Balaban J connectivity index is 1.89. The molecule has 0 aromatic rings. The molecule has 0 N–H and O–H groups in total. The van der Waals surface area contributed by atoms with E-state index in [0.717, 1.165) is 38.4 Å². The zero-order valence-corrected chi connectivity index (χ0v) is 12.9. The van der Waals surface area contributed by atoms with E-state index in [0.29, 0.717) is 11.6 Å². The van der Waals surface area contributed by atoms with Gasteiger partial charge in [0.2, 0.25) is 0 Å². The van der Waals surface area contributed by atoms with Gasteiger partial charge in [-0.15, -0.1) is 0 Å². The van der Waals surface area contributed by atoms with Gasteiger partial charge in [0.25, 0.3) is 0 Å². The predicted octanol–water partition coefficient (Wildman–Crippen LogP) is 2.15. The van der Waals surface area contributed by atoms with Gasteiger partial charge in [-0.2, -0.15) is 0 Å². The summed E-state index contributed by atoms with van der Waals surface area (Å²) in [6.45, 7) is 3.71. The fourth-order valence-electron chi connectivity index (χ4n) is 2.86. The fourth-order valence-corrected chi connectivity index (χ4v) is 3.86. The number of ether oxygens (including phenoxy) is 1. The zero-order chi connectivity index (χ0) is 12.9. The molecule has 0 amide bonds. The molecule has 2 aliphatic carbocycles. The predicted molar refractivity (Wildman–Crippen MR) is 77.2 cm³/mol. The van der Waals surface area contributed by atoms with E-state index in [2.05, 4.69) is 39.4 Å². The van der Waals surface area contributed by atoms with Crippen molar-refractivity contribution in [3.05, 3.63) is 23.4 Å². The first-order chi connectivity index (χ1) is 8.55. The van der Waals surface area contributed by atoms with Crippen LogP contribution in [0.15, 0.2) is 23.4 Å². The summed E-state index contributed by atoms with van der Waals surface area (Å²) in [4.78, 5) is 4.41. The summed E-state index contributed by atoms with van der Waals surface area (Å²) in [5, 5.41) is 0. The second kappa shape index (κ2) is 4.37. The number of hydrogen-bond donors (Lipinski definition) is 0. The summed E-state index contributed by atoms with van der Waals surface area (Å²) in [5.41, 5.74) is 0.709. The number of hydrogen-bond acceptors (Lipinski definition) is 3. The van der Waals surface area contributed by atoms with E-state index in [1.54, 1.807) is 13.2 Å². The topological polar surface area (TPSA) is 15.7 Å². The first-order valence-corrected chi connectivity index (χ1v) is 7.42. The van der Waals surface area contributed by atoms with Crippen LogP contribution in [-0.2, 0) is 4.74 Å². The van der Waals surface area contributed by atoms with Crippen LogP contribution in [0, 0.1) is 5.92 Å². The number of allylic oxidation sites excluding steroid dienone is 3. The molecule has 0 radical (unpaired) electrons. The molecule has 2 fully saturated rings. The van der Waals surface area contributed by atoms with Crippen molar-refractivity contribution in [3.8, 4) is 0 Å². The lowest BCUT2D eigenvalue weighted by atomic mass is 10.1. The number of methoxy groups -OCH3 is 1. The Morgan fingerprint density at radius 1 is 1.39 bits per heavy atom. The van der Waals surface area contributed by atoms with E-state index < -0.39 is 0 Å². The van der Waals surface area contributed by atoms with Gasteiger partial charge in [-0.1, -0.05) is 22.6 Å². The highest BCUT2D eigenvalue weighted by Gasteiger charge is 2.58. The fraction of sp³-hybridized carbons (Fsp3) is 0.692. The third-order valence-corrected chi connectivity index (χ3v) is 5.62. The maximum atomic E-state index is 14.4. The summed E-state index contributed by atoms with van der Waals surface area (Å²) in [7, 11) is 3.77. The number of nitrogens with zero attached hydrogens (tertiary/aromatic N) is 2. The molecular formula is C13H18FIN2O. The maximum Gasteiger partial charge on any atom is 0.147 e. The monoisotopic (exact) mass is 364 g/mol. The molecule has 2 atom stereocenters. The van der Waals surface area contributed by atoms with Gasteiger partial charge in [-0.3, -0.25) is 0 Å². The van der Waals surface area contributed by atoms with Crippen molar-refractivity contribution >= 4 is 22.6 Å². The summed E-state index contributed by atoms with van der Waals surface area (Å²) in [6, 6.07) is 0. The average molecular weight is 364 g/mol. The third kappa shape index (κ3) is 1.95. The Morgan fingerprint density at radius 2 is 2.06 bits per heavy atom. The van der Waals surface area contributed by atoms with Crippen LogP contribution in [0.5, 0.6) is 0 Å². The van der Waals surface area contributed by atoms with Crippen molar-refractivity contribution in [2.45, 2.75) is 9.84 Å². The normalized spacial score (nSPS) is 36.3. The summed E-state index contributed by atoms with van der Waals surface area (Å²) in [6.07, 6.45) is 2.79. The number of piperazine rings is 1. The Bertz CT molecular complexity index is 429. The molecule has 1 heterocycles. The van der Waals surface area contributed by atoms with Crippen LogP contribution in [0.25, 0.3) is 0 Å². The van der Waals surface area contributed by atoms with Gasteiger partial charge in [0.15, 0.2) is 0 Å². The van der Waals surface area contributed by atoms with Crippen molar-refractivity contribution in [1.82, 2.24) is 9.80 Å². The van der Waals surface area contributed by atoms with Crippen molar-refractivity contribution in [1.29, 1.82) is 0 Å². The Morgan fingerprint density at radius 3 is 2.67 bits per heavy atom. The van der Waals surface area contributed by atoms with Crippen LogP contribution >= 0.6 is 22.6 Å². The number of fused-ring (bicyclic) bond motifs is 1. The molecule has 0 bridgehead atoms. The summed E-state index contributed by atoms with van der Waals surface area (Å²) in [5.74, 6) is 1.13. The lowest BCUT2D eigenvalue weighted by molar-refractivity contribution is 0.166. The van der Waals surface area contributed by atoms with Gasteiger partial charge in [0.05, 0.1) is 10.5 Å². The molecule has 3 aliphatic rings. The first-order valence-electron chi connectivity index (χ1n) is 6.34. The lowest BCUT2D eigenvalue weighted by Gasteiger charge is -2.37. The van der Waals surface area contributed by atoms with E-state index in [1.807, 2.05) is 0 Å². The van der Waals surface area contributed by atoms with E-state index in [9.17, 15) is 4.39 Å². The van der Waals surface area contributed by atoms with E-state index >= 15 is 0 Å². The minimum Gasteiger partial charge on any atom is -0.498 e. The van der Waals surface area contributed by atoms with Gasteiger partial charge in [-0.05, 0) is 19.5 Å². The molecule has 100 valence electrons. The van der Waals surface area contributed by atoms with Crippen molar-refractivity contribution in [3.63, 3.8) is 0 Å². The van der Waals surface area contributed by atoms with Crippen molar-refractivity contribution in [2.75, 3.05) is 40.3 Å². The van der Waals surface area contributed by atoms with Crippen LogP contribution in [0.4, 0.5) is 4.39 Å². The smallest absolute Gasteiger partial charge is 0.147 e. The minimum atomic E-state index is -0.0976. The second-order valence-electron chi connectivity index (χ2n) is 5.38. The van der Waals surface area contributed by atoms with Crippen LogP contribution in [0.3, 0.4) is 0 Å². The van der Waals surface area contributed by atoms with Crippen LogP contribution < -0.4 is 0 Å². The van der Waals surface area contributed by atoms with Crippen LogP contribution in [0.2, 0.25) is 0 Å². The number of rotatable bonds is 2. The first kappa shape index (κ1) is 12.7. The molecule has 0 aromatic carbocycles. The molecule has 1 saturated heterocycles. The average Bonchev–Trinajstić information content (AvgIpc) is 2.99. The number of halogens is 2. The highest BCUT2D eigenvalue weighted by molar-refractivity contribution is 14.1. The van der Waals surface area contributed by atoms with E-state index in [1.165, 1.54) is 0 Å². The van der Waals surface area contributed by atoms with Crippen molar-refractivity contribution < 1.29 is 9.13 Å². The van der Waals surface area contributed by atoms with Gasteiger partial charge in [-0.25, -0.2) is 4.39 Å². The Kier molecular flexibility index (Phi) is 3.09. The van der Waals surface area contributed by atoms with Crippen LogP contribution in [0.1, 0.15) is 6.42 Å². The lowest BCUT2D eigenvalue weighted by Crippen LogP contribution is -2.44. The molecular weight excluding hydrogens is 346 g/mol. The summed E-state index contributed by atoms with van der Waals surface area (Å²) >= 11 is 2.35.